The van der Waals surface area contributed by atoms with Crippen molar-refractivity contribution in [2.45, 2.75) is 51.9 Å². The van der Waals surface area contributed by atoms with Gasteiger partial charge in [-0.2, -0.15) is 18.2 Å². The first-order valence-corrected chi connectivity index (χ1v) is 8.62. The number of hydrogen-bond donors (Lipinski definition) is 1. The second-order valence-electron chi connectivity index (χ2n) is 7.41. The van der Waals surface area contributed by atoms with Crippen LogP contribution < -0.4 is 5.32 Å². The standard InChI is InChI=1S/C16H27F3N6O/c1-11(16(17,18)19)24-6-8-25(9-7-24)14(20-5)21-10-12-22-13(26-23-12)15(2,3)4/h11H,6-10H2,1-5H3,(H,20,21). The highest BCUT2D eigenvalue weighted by atomic mass is 19.4. The van der Waals surface area contributed by atoms with Crippen molar-refractivity contribution in [1.29, 1.82) is 0 Å². The lowest BCUT2D eigenvalue weighted by atomic mass is 9.97. The molecule has 0 spiro atoms. The van der Waals surface area contributed by atoms with Gasteiger partial charge in [-0.3, -0.25) is 9.89 Å². The number of nitrogens with zero attached hydrogens (tertiary/aromatic N) is 5. The van der Waals surface area contributed by atoms with E-state index in [0.29, 0.717) is 50.4 Å². The molecule has 0 amide bonds. The zero-order valence-electron chi connectivity index (χ0n) is 15.9. The van der Waals surface area contributed by atoms with E-state index in [4.69, 9.17) is 4.52 Å². The Kier molecular flexibility index (Phi) is 6.15. The Morgan fingerprint density at radius 1 is 1.23 bits per heavy atom. The van der Waals surface area contributed by atoms with Gasteiger partial charge in [0.05, 0.1) is 6.54 Å². The van der Waals surface area contributed by atoms with E-state index in [-0.39, 0.29) is 5.41 Å². The van der Waals surface area contributed by atoms with Crippen LogP contribution >= 0.6 is 0 Å². The molecule has 1 aromatic heterocycles. The molecule has 2 heterocycles. The van der Waals surface area contributed by atoms with Gasteiger partial charge in [0, 0.05) is 38.6 Å². The maximum absolute atomic E-state index is 12.8. The number of aromatic nitrogens is 2. The third-order valence-electron chi connectivity index (χ3n) is 4.36. The van der Waals surface area contributed by atoms with E-state index in [1.54, 1.807) is 7.05 Å². The summed E-state index contributed by atoms with van der Waals surface area (Å²) in [5, 5.41) is 7.09. The summed E-state index contributed by atoms with van der Waals surface area (Å²) in [6.45, 7) is 9.10. The van der Waals surface area contributed by atoms with E-state index in [2.05, 4.69) is 20.4 Å². The highest BCUT2D eigenvalue weighted by Crippen LogP contribution is 2.25. The summed E-state index contributed by atoms with van der Waals surface area (Å²) in [6.07, 6.45) is -4.20. The summed E-state index contributed by atoms with van der Waals surface area (Å²) in [5.41, 5.74) is -0.224. The van der Waals surface area contributed by atoms with Crippen molar-refractivity contribution in [1.82, 2.24) is 25.3 Å². The molecular formula is C16H27F3N6O. The van der Waals surface area contributed by atoms with Gasteiger partial charge in [-0.25, -0.2) is 0 Å². The number of aliphatic imine (C=N–C) groups is 1. The average Bonchev–Trinajstić information content (AvgIpc) is 3.04. The zero-order chi connectivity index (χ0) is 19.5. The van der Waals surface area contributed by atoms with Crippen LogP contribution in [0.25, 0.3) is 0 Å². The van der Waals surface area contributed by atoms with Crippen LogP contribution in [-0.2, 0) is 12.0 Å². The number of hydrogen-bond acceptors (Lipinski definition) is 5. The lowest BCUT2D eigenvalue weighted by Gasteiger charge is -2.39. The predicted octanol–water partition coefficient (Wildman–Crippen LogP) is 2.01. The van der Waals surface area contributed by atoms with Crippen molar-refractivity contribution in [3.63, 3.8) is 0 Å². The van der Waals surface area contributed by atoms with Crippen LogP contribution in [-0.4, -0.2) is 71.3 Å². The van der Waals surface area contributed by atoms with E-state index in [0.717, 1.165) is 0 Å². The molecule has 148 valence electrons. The maximum Gasteiger partial charge on any atom is 0.403 e. The third kappa shape index (κ3) is 5.09. The molecule has 1 saturated heterocycles. The Morgan fingerprint density at radius 3 is 2.31 bits per heavy atom. The fourth-order valence-electron chi connectivity index (χ4n) is 2.65. The van der Waals surface area contributed by atoms with E-state index < -0.39 is 12.2 Å². The first kappa shape index (κ1) is 20.5. The molecule has 7 nitrogen and oxygen atoms in total. The van der Waals surface area contributed by atoms with E-state index in [1.807, 2.05) is 25.7 Å². The highest BCUT2D eigenvalue weighted by molar-refractivity contribution is 5.79. The Balaban J connectivity index is 1.88. The molecule has 1 aliphatic heterocycles. The van der Waals surface area contributed by atoms with Crippen LogP contribution in [0.3, 0.4) is 0 Å². The number of alkyl halides is 3. The number of rotatable bonds is 3. The molecule has 1 aliphatic rings. The molecule has 0 radical (unpaired) electrons. The van der Waals surface area contributed by atoms with Crippen LogP contribution in [0.5, 0.6) is 0 Å². The van der Waals surface area contributed by atoms with Gasteiger partial charge in [-0.1, -0.05) is 25.9 Å². The van der Waals surface area contributed by atoms with Gasteiger partial charge >= 0.3 is 6.18 Å². The average molecular weight is 376 g/mol. The fraction of sp³-hybridized carbons (Fsp3) is 0.812. The molecular weight excluding hydrogens is 349 g/mol. The molecule has 26 heavy (non-hydrogen) atoms. The molecule has 1 atom stereocenters. The quantitative estimate of drug-likeness (QED) is 0.643. The molecule has 0 saturated carbocycles. The van der Waals surface area contributed by atoms with Crippen LogP contribution in [0, 0.1) is 0 Å². The molecule has 1 N–H and O–H groups in total. The Bertz CT molecular complexity index is 614. The van der Waals surface area contributed by atoms with Crippen LogP contribution in [0.15, 0.2) is 9.52 Å². The molecule has 2 rings (SSSR count). The largest absolute Gasteiger partial charge is 0.403 e. The molecule has 0 aromatic carbocycles. The molecule has 1 fully saturated rings. The van der Waals surface area contributed by atoms with Crippen molar-refractivity contribution in [3.8, 4) is 0 Å². The van der Waals surface area contributed by atoms with Crippen LogP contribution in [0.1, 0.15) is 39.4 Å². The number of nitrogens with one attached hydrogen (secondary N) is 1. The molecule has 10 heteroatoms. The molecule has 1 unspecified atom stereocenters. The van der Waals surface area contributed by atoms with Gasteiger partial charge in [-0.05, 0) is 6.92 Å². The normalized spacial score (nSPS) is 18.9. The second kappa shape index (κ2) is 7.81. The lowest BCUT2D eigenvalue weighted by molar-refractivity contribution is -0.181. The summed E-state index contributed by atoms with van der Waals surface area (Å²) >= 11 is 0. The number of halogens is 3. The minimum Gasteiger partial charge on any atom is -0.349 e. The Labute approximate surface area is 151 Å². The summed E-state index contributed by atoms with van der Waals surface area (Å²) in [7, 11) is 1.64. The van der Waals surface area contributed by atoms with Crippen LogP contribution in [0.2, 0.25) is 0 Å². The molecule has 0 aliphatic carbocycles. The molecule has 1 aromatic rings. The van der Waals surface area contributed by atoms with Crippen molar-refractivity contribution in [3.05, 3.63) is 11.7 Å². The van der Waals surface area contributed by atoms with Gasteiger partial charge in [-0.15, -0.1) is 0 Å². The predicted molar refractivity (Wildman–Crippen MR) is 91.9 cm³/mol. The van der Waals surface area contributed by atoms with Gasteiger partial charge in [0.15, 0.2) is 11.8 Å². The smallest absolute Gasteiger partial charge is 0.349 e. The van der Waals surface area contributed by atoms with E-state index in [1.165, 1.54) is 11.8 Å². The Morgan fingerprint density at radius 2 is 1.85 bits per heavy atom. The first-order valence-electron chi connectivity index (χ1n) is 8.62. The maximum atomic E-state index is 12.8. The lowest BCUT2D eigenvalue weighted by Crippen LogP contribution is -2.56. The number of guanidine groups is 1. The second-order valence-corrected chi connectivity index (χ2v) is 7.41. The number of piperazine rings is 1. The Hall–Kier alpha value is -1.84. The van der Waals surface area contributed by atoms with E-state index >= 15 is 0 Å². The zero-order valence-corrected chi connectivity index (χ0v) is 15.9. The fourth-order valence-corrected chi connectivity index (χ4v) is 2.65. The van der Waals surface area contributed by atoms with E-state index in [9.17, 15) is 13.2 Å². The first-order chi connectivity index (χ1) is 12.0. The van der Waals surface area contributed by atoms with Gasteiger partial charge in [0.2, 0.25) is 5.89 Å². The summed E-state index contributed by atoms with van der Waals surface area (Å²) < 4.78 is 43.8. The van der Waals surface area contributed by atoms with Crippen molar-refractivity contribution in [2.24, 2.45) is 4.99 Å². The third-order valence-corrected chi connectivity index (χ3v) is 4.36. The SMILES string of the molecule is CN=C(NCc1noc(C(C)(C)C)n1)N1CCN(C(C)C(F)(F)F)CC1. The summed E-state index contributed by atoms with van der Waals surface area (Å²) in [5.74, 6) is 1.69. The van der Waals surface area contributed by atoms with Gasteiger partial charge < -0.3 is 14.7 Å². The van der Waals surface area contributed by atoms with Gasteiger partial charge in [0.25, 0.3) is 0 Å². The minimum absolute atomic E-state index is 0.224. The monoisotopic (exact) mass is 376 g/mol. The van der Waals surface area contributed by atoms with Crippen molar-refractivity contribution >= 4 is 5.96 Å². The highest BCUT2D eigenvalue weighted by Gasteiger charge is 2.41. The summed E-state index contributed by atoms with van der Waals surface area (Å²) in [6, 6.07) is -1.44. The molecule has 0 bridgehead atoms. The minimum atomic E-state index is -4.20. The van der Waals surface area contributed by atoms with Crippen molar-refractivity contribution < 1.29 is 17.7 Å². The summed E-state index contributed by atoms with van der Waals surface area (Å²) in [4.78, 5) is 11.9. The van der Waals surface area contributed by atoms with Gasteiger partial charge in [0.1, 0.15) is 6.04 Å². The topological polar surface area (TPSA) is 69.8 Å². The van der Waals surface area contributed by atoms with Crippen molar-refractivity contribution in [2.75, 3.05) is 33.2 Å². The van der Waals surface area contributed by atoms with Crippen LogP contribution in [0.4, 0.5) is 13.2 Å².